The standard InChI is InChI=1S/C13H18Cl2N2O/c14-11-5-12(15)13(17-7-11)18-8-10-4-2-1-3-9(10)6-16/h5,7,9-10H,1-4,6,8,16H2. The van der Waals surface area contributed by atoms with E-state index in [4.69, 9.17) is 33.7 Å². The number of aromatic nitrogens is 1. The van der Waals surface area contributed by atoms with Crippen LogP contribution in [0, 0.1) is 11.8 Å². The normalized spacial score (nSPS) is 23.9. The molecule has 2 N–H and O–H groups in total. The summed E-state index contributed by atoms with van der Waals surface area (Å²) in [7, 11) is 0. The van der Waals surface area contributed by atoms with Crippen molar-refractivity contribution in [2.24, 2.45) is 17.6 Å². The van der Waals surface area contributed by atoms with E-state index < -0.39 is 0 Å². The molecule has 1 aliphatic carbocycles. The zero-order valence-corrected chi connectivity index (χ0v) is 11.8. The van der Waals surface area contributed by atoms with Crippen molar-refractivity contribution in [2.45, 2.75) is 25.7 Å². The van der Waals surface area contributed by atoms with E-state index in [1.807, 2.05) is 0 Å². The summed E-state index contributed by atoms with van der Waals surface area (Å²) in [6, 6.07) is 1.65. The fourth-order valence-corrected chi connectivity index (χ4v) is 2.94. The molecule has 0 saturated heterocycles. The lowest BCUT2D eigenvalue weighted by atomic mass is 9.80. The molecule has 1 heterocycles. The van der Waals surface area contributed by atoms with Crippen molar-refractivity contribution < 1.29 is 4.74 Å². The fourth-order valence-electron chi connectivity index (χ4n) is 2.51. The molecule has 3 nitrogen and oxygen atoms in total. The Bertz CT molecular complexity index is 401. The van der Waals surface area contributed by atoms with Gasteiger partial charge in [0.1, 0.15) is 5.02 Å². The minimum atomic E-state index is 0.461. The van der Waals surface area contributed by atoms with Crippen molar-refractivity contribution in [3.8, 4) is 5.88 Å². The largest absolute Gasteiger partial charge is 0.476 e. The van der Waals surface area contributed by atoms with Crippen LogP contribution in [0.5, 0.6) is 5.88 Å². The highest BCUT2D eigenvalue weighted by atomic mass is 35.5. The van der Waals surface area contributed by atoms with Gasteiger partial charge < -0.3 is 10.5 Å². The van der Waals surface area contributed by atoms with Gasteiger partial charge in [-0.25, -0.2) is 4.98 Å². The number of nitrogens with zero attached hydrogens (tertiary/aromatic N) is 1. The molecule has 1 fully saturated rings. The number of ether oxygens (including phenoxy) is 1. The SMILES string of the molecule is NCC1CCCCC1COc1ncc(Cl)cc1Cl. The van der Waals surface area contributed by atoms with Crippen molar-refractivity contribution in [2.75, 3.05) is 13.2 Å². The Kier molecular flexibility index (Phi) is 5.10. The molecule has 0 aromatic carbocycles. The maximum absolute atomic E-state index is 6.02. The molecule has 5 heteroatoms. The zero-order chi connectivity index (χ0) is 13.0. The number of hydrogen-bond acceptors (Lipinski definition) is 3. The first-order valence-corrected chi connectivity index (χ1v) is 7.10. The number of nitrogens with two attached hydrogens (primary N) is 1. The molecule has 0 spiro atoms. The van der Waals surface area contributed by atoms with Gasteiger partial charge in [0.15, 0.2) is 0 Å². The minimum absolute atomic E-state index is 0.461. The topological polar surface area (TPSA) is 48.1 Å². The molecular formula is C13H18Cl2N2O. The van der Waals surface area contributed by atoms with E-state index in [1.54, 1.807) is 12.3 Å². The average molecular weight is 289 g/mol. The molecule has 1 aromatic rings. The van der Waals surface area contributed by atoms with Gasteiger partial charge in [-0.05, 0) is 37.3 Å². The van der Waals surface area contributed by atoms with Gasteiger partial charge in [0, 0.05) is 6.20 Å². The van der Waals surface area contributed by atoms with Gasteiger partial charge >= 0.3 is 0 Å². The van der Waals surface area contributed by atoms with Crippen LogP contribution in [-0.2, 0) is 0 Å². The summed E-state index contributed by atoms with van der Waals surface area (Å²) in [4.78, 5) is 4.10. The van der Waals surface area contributed by atoms with Crippen LogP contribution in [0.1, 0.15) is 25.7 Å². The van der Waals surface area contributed by atoms with Gasteiger partial charge in [0.05, 0.1) is 11.6 Å². The third-order valence-electron chi connectivity index (χ3n) is 3.58. The molecular weight excluding hydrogens is 271 g/mol. The predicted molar refractivity (Wildman–Crippen MR) is 74.3 cm³/mol. The van der Waals surface area contributed by atoms with Crippen LogP contribution in [0.25, 0.3) is 0 Å². The first kappa shape index (κ1) is 13.9. The third kappa shape index (κ3) is 3.50. The van der Waals surface area contributed by atoms with E-state index in [-0.39, 0.29) is 0 Å². The lowest BCUT2D eigenvalue weighted by Gasteiger charge is -2.30. The summed E-state index contributed by atoms with van der Waals surface area (Å²) in [5.41, 5.74) is 5.80. The summed E-state index contributed by atoms with van der Waals surface area (Å²) in [5.74, 6) is 1.53. The molecule has 1 saturated carbocycles. The molecule has 100 valence electrons. The van der Waals surface area contributed by atoms with E-state index in [9.17, 15) is 0 Å². The van der Waals surface area contributed by atoms with Crippen LogP contribution in [0.4, 0.5) is 0 Å². The Morgan fingerprint density at radius 2 is 2.00 bits per heavy atom. The summed E-state index contributed by atoms with van der Waals surface area (Å²) in [5, 5.41) is 0.979. The second-order valence-corrected chi connectivity index (χ2v) is 5.64. The summed E-state index contributed by atoms with van der Waals surface area (Å²) >= 11 is 11.8. The predicted octanol–water partition coefficient (Wildman–Crippen LogP) is 3.53. The van der Waals surface area contributed by atoms with Crippen LogP contribution < -0.4 is 10.5 Å². The summed E-state index contributed by atoms with van der Waals surface area (Å²) in [6.45, 7) is 1.37. The Morgan fingerprint density at radius 1 is 1.28 bits per heavy atom. The first-order valence-electron chi connectivity index (χ1n) is 6.34. The van der Waals surface area contributed by atoms with Gasteiger partial charge in [0.25, 0.3) is 0 Å². The fraction of sp³-hybridized carbons (Fsp3) is 0.615. The van der Waals surface area contributed by atoms with E-state index in [0.717, 1.165) is 6.54 Å². The number of pyridine rings is 1. The van der Waals surface area contributed by atoms with Crippen molar-refractivity contribution >= 4 is 23.2 Å². The number of hydrogen-bond donors (Lipinski definition) is 1. The van der Waals surface area contributed by atoms with Gasteiger partial charge in [0.2, 0.25) is 5.88 Å². The second-order valence-electron chi connectivity index (χ2n) is 4.79. The van der Waals surface area contributed by atoms with Crippen LogP contribution in [0.15, 0.2) is 12.3 Å². The Labute approximate surface area is 118 Å². The van der Waals surface area contributed by atoms with Crippen molar-refractivity contribution in [3.63, 3.8) is 0 Å². The molecule has 0 bridgehead atoms. The zero-order valence-electron chi connectivity index (χ0n) is 10.2. The average Bonchev–Trinajstić information content (AvgIpc) is 2.38. The van der Waals surface area contributed by atoms with Crippen LogP contribution in [-0.4, -0.2) is 18.1 Å². The molecule has 1 aromatic heterocycles. The highest BCUT2D eigenvalue weighted by molar-refractivity contribution is 6.35. The van der Waals surface area contributed by atoms with E-state index >= 15 is 0 Å². The Balaban J connectivity index is 1.93. The minimum Gasteiger partial charge on any atom is -0.476 e. The van der Waals surface area contributed by atoms with Crippen molar-refractivity contribution in [1.29, 1.82) is 0 Å². The lowest BCUT2D eigenvalue weighted by Crippen LogP contribution is -2.30. The van der Waals surface area contributed by atoms with Crippen molar-refractivity contribution in [3.05, 3.63) is 22.3 Å². The van der Waals surface area contributed by atoms with E-state index in [0.29, 0.717) is 34.4 Å². The highest BCUT2D eigenvalue weighted by Crippen LogP contribution is 2.31. The smallest absolute Gasteiger partial charge is 0.232 e. The second kappa shape index (κ2) is 6.60. The van der Waals surface area contributed by atoms with Crippen molar-refractivity contribution in [1.82, 2.24) is 4.98 Å². The highest BCUT2D eigenvalue weighted by Gasteiger charge is 2.24. The maximum atomic E-state index is 6.02. The number of rotatable bonds is 4. The van der Waals surface area contributed by atoms with E-state index in [2.05, 4.69) is 4.98 Å². The molecule has 0 radical (unpaired) electrons. The third-order valence-corrected chi connectivity index (χ3v) is 4.05. The van der Waals surface area contributed by atoms with Crippen LogP contribution in [0.3, 0.4) is 0 Å². The first-order chi connectivity index (χ1) is 8.70. The van der Waals surface area contributed by atoms with Gasteiger partial charge in [-0.3, -0.25) is 0 Å². The summed E-state index contributed by atoms with van der Waals surface area (Å²) in [6.07, 6.45) is 6.45. The maximum Gasteiger partial charge on any atom is 0.232 e. The molecule has 2 unspecified atom stereocenters. The molecule has 0 aliphatic heterocycles. The van der Waals surface area contributed by atoms with Crippen LogP contribution >= 0.6 is 23.2 Å². The Hall–Kier alpha value is -0.510. The van der Waals surface area contributed by atoms with Crippen LogP contribution in [0.2, 0.25) is 10.0 Å². The molecule has 2 rings (SSSR count). The quantitative estimate of drug-likeness (QED) is 0.922. The van der Waals surface area contributed by atoms with E-state index in [1.165, 1.54) is 25.7 Å². The molecule has 2 atom stereocenters. The van der Waals surface area contributed by atoms with Gasteiger partial charge in [-0.1, -0.05) is 36.0 Å². The van der Waals surface area contributed by atoms with Gasteiger partial charge in [-0.2, -0.15) is 0 Å². The molecule has 0 amide bonds. The monoisotopic (exact) mass is 288 g/mol. The summed E-state index contributed by atoms with van der Waals surface area (Å²) < 4.78 is 5.71. The number of halogens is 2. The lowest BCUT2D eigenvalue weighted by molar-refractivity contribution is 0.149. The molecule has 1 aliphatic rings. The molecule has 18 heavy (non-hydrogen) atoms. The van der Waals surface area contributed by atoms with Gasteiger partial charge in [-0.15, -0.1) is 0 Å². The Morgan fingerprint density at radius 3 is 2.67 bits per heavy atom.